The van der Waals surface area contributed by atoms with E-state index in [9.17, 15) is 19.2 Å². The fraction of sp³-hybridized carbons (Fsp3) is 0.368. The van der Waals surface area contributed by atoms with Crippen LogP contribution in [-0.2, 0) is 38.1 Å². The minimum absolute atomic E-state index is 0.255. The van der Waals surface area contributed by atoms with Gasteiger partial charge in [-0.2, -0.15) is 0 Å². The second-order valence-electron chi connectivity index (χ2n) is 4.66. The van der Waals surface area contributed by atoms with Crippen LogP contribution >= 0.6 is 0 Å². The monoisotopic (exact) mass is 382 g/mol. The highest BCUT2D eigenvalue weighted by Crippen LogP contribution is 1.98. The van der Waals surface area contributed by atoms with Gasteiger partial charge in [0.25, 0.3) is 0 Å². The van der Waals surface area contributed by atoms with Crippen LogP contribution in [0.25, 0.3) is 0 Å². The van der Waals surface area contributed by atoms with Crippen LogP contribution in [0.2, 0.25) is 0 Å². The number of ether oxygens (including phenoxy) is 4. The molecule has 0 atom stereocenters. The van der Waals surface area contributed by atoms with Crippen LogP contribution in [0.1, 0.15) is 19.8 Å². The first-order valence-corrected chi connectivity index (χ1v) is 8.05. The van der Waals surface area contributed by atoms with E-state index in [1.54, 1.807) is 0 Å². The minimum Gasteiger partial charge on any atom is -0.463 e. The van der Waals surface area contributed by atoms with Crippen LogP contribution in [0.15, 0.2) is 50.6 Å². The number of rotatable bonds is 12. The van der Waals surface area contributed by atoms with Gasteiger partial charge in [-0.05, 0) is 6.42 Å². The van der Waals surface area contributed by atoms with Gasteiger partial charge >= 0.3 is 23.9 Å². The molecule has 0 aromatic rings. The molecule has 0 aliphatic rings. The molecule has 0 spiro atoms. The average Bonchev–Trinajstić information content (AvgIpc) is 2.69. The molecule has 0 bridgehead atoms. The van der Waals surface area contributed by atoms with Gasteiger partial charge in [-0.1, -0.05) is 39.7 Å². The standard InChI is InChI=1S/C12H14O6.C7H12O2/c1-4-10(13)16-7-9(18-12(15)6-3)8-17-11(14)5-2;1-3-5-6-9-7(8)4-2/h4-6,9H,1-3,7-8H2;4H,2-3,5-6H2,1H3. The lowest BCUT2D eigenvalue weighted by atomic mass is 10.4. The molecule has 27 heavy (non-hydrogen) atoms. The predicted octanol–water partition coefficient (Wildman–Crippen LogP) is 2.06. The van der Waals surface area contributed by atoms with Crippen LogP contribution in [-0.4, -0.2) is 49.8 Å². The quantitative estimate of drug-likeness (QED) is 0.219. The Morgan fingerprint density at radius 2 is 1.15 bits per heavy atom. The molecule has 0 aromatic heterocycles. The second-order valence-corrected chi connectivity index (χ2v) is 4.66. The van der Waals surface area contributed by atoms with E-state index in [0.717, 1.165) is 31.1 Å². The number of carbonyl (C=O) groups is 4. The third-order valence-corrected chi connectivity index (χ3v) is 2.51. The van der Waals surface area contributed by atoms with Crippen molar-refractivity contribution in [3.8, 4) is 0 Å². The topological polar surface area (TPSA) is 105 Å². The fourth-order valence-electron chi connectivity index (χ4n) is 1.17. The summed E-state index contributed by atoms with van der Waals surface area (Å²) in [5.74, 6) is -2.40. The van der Waals surface area contributed by atoms with E-state index in [1.165, 1.54) is 6.08 Å². The maximum atomic E-state index is 11.0. The van der Waals surface area contributed by atoms with Gasteiger partial charge in [0.15, 0.2) is 6.10 Å². The number of carbonyl (C=O) groups excluding carboxylic acids is 4. The largest absolute Gasteiger partial charge is 0.463 e. The Bertz CT molecular complexity index is 512. The molecule has 0 saturated carbocycles. The van der Waals surface area contributed by atoms with Crippen LogP contribution in [0.4, 0.5) is 0 Å². The lowest BCUT2D eigenvalue weighted by Crippen LogP contribution is -2.29. The molecule has 0 amide bonds. The van der Waals surface area contributed by atoms with Crippen LogP contribution in [0.5, 0.6) is 0 Å². The number of esters is 4. The van der Waals surface area contributed by atoms with Gasteiger partial charge in [0, 0.05) is 24.3 Å². The van der Waals surface area contributed by atoms with E-state index >= 15 is 0 Å². The number of hydrogen-bond donors (Lipinski definition) is 0. The molecule has 0 saturated heterocycles. The summed E-state index contributed by atoms with van der Waals surface area (Å²) in [6, 6.07) is 0. The molecule has 8 nitrogen and oxygen atoms in total. The van der Waals surface area contributed by atoms with Crippen molar-refractivity contribution in [1.29, 1.82) is 0 Å². The van der Waals surface area contributed by atoms with Gasteiger partial charge in [-0.15, -0.1) is 0 Å². The van der Waals surface area contributed by atoms with Gasteiger partial charge in [0.2, 0.25) is 0 Å². The van der Waals surface area contributed by atoms with Gasteiger partial charge in [-0.3, -0.25) is 0 Å². The van der Waals surface area contributed by atoms with Crippen molar-refractivity contribution in [1.82, 2.24) is 0 Å². The van der Waals surface area contributed by atoms with Gasteiger partial charge < -0.3 is 18.9 Å². The first kappa shape index (κ1) is 26.1. The van der Waals surface area contributed by atoms with Crippen LogP contribution in [0, 0.1) is 0 Å². The first-order valence-electron chi connectivity index (χ1n) is 8.05. The molecule has 150 valence electrons. The van der Waals surface area contributed by atoms with E-state index in [0.29, 0.717) is 6.61 Å². The van der Waals surface area contributed by atoms with E-state index in [1.807, 2.05) is 6.92 Å². The number of unbranched alkanes of at least 4 members (excludes halogenated alkanes) is 1. The van der Waals surface area contributed by atoms with E-state index in [-0.39, 0.29) is 19.2 Å². The Balaban J connectivity index is 0. The van der Waals surface area contributed by atoms with Crippen LogP contribution < -0.4 is 0 Å². The highest BCUT2D eigenvalue weighted by atomic mass is 16.6. The molecule has 0 aromatic carbocycles. The zero-order chi connectivity index (χ0) is 21.1. The molecule has 0 heterocycles. The zero-order valence-corrected chi connectivity index (χ0v) is 15.5. The molecule has 0 N–H and O–H groups in total. The van der Waals surface area contributed by atoms with Crippen molar-refractivity contribution < 1.29 is 38.1 Å². The highest BCUT2D eigenvalue weighted by molar-refractivity contribution is 5.82. The lowest BCUT2D eigenvalue weighted by Gasteiger charge is -2.16. The smallest absolute Gasteiger partial charge is 0.330 e. The molecule has 0 aliphatic heterocycles. The Morgan fingerprint density at radius 1 is 0.741 bits per heavy atom. The second kappa shape index (κ2) is 17.7. The van der Waals surface area contributed by atoms with Crippen molar-refractivity contribution in [3.05, 3.63) is 50.6 Å². The molecule has 0 fully saturated rings. The summed E-state index contributed by atoms with van der Waals surface area (Å²) >= 11 is 0. The summed E-state index contributed by atoms with van der Waals surface area (Å²) in [5.41, 5.74) is 0. The highest BCUT2D eigenvalue weighted by Gasteiger charge is 2.16. The van der Waals surface area contributed by atoms with Gasteiger partial charge in [-0.25, -0.2) is 19.2 Å². The Morgan fingerprint density at radius 3 is 1.52 bits per heavy atom. The van der Waals surface area contributed by atoms with Crippen molar-refractivity contribution in [3.63, 3.8) is 0 Å². The van der Waals surface area contributed by atoms with E-state index in [4.69, 9.17) is 4.74 Å². The molecular weight excluding hydrogens is 356 g/mol. The maximum Gasteiger partial charge on any atom is 0.330 e. The molecular formula is C19H26O8. The number of hydrogen-bond acceptors (Lipinski definition) is 8. The molecule has 0 rings (SSSR count). The molecule has 0 aliphatic carbocycles. The minimum atomic E-state index is -0.914. The first-order chi connectivity index (χ1) is 12.8. The normalized spacial score (nSPS) is 8.96. The van der Waals surface area contributed by atoms with Crippen LogP contribution in [0.3, 0.4) is 0 Å². The van der Waals surface area contributed by atoms with E-state index in [2.05, 4.69) is 40.5 Å². The summed E-state index contributed by atoms with van der Waals surface area (Å²) in [6.45, 7) is 14.9. The molecule has 0 radical (unpaired) electrons. The Hall–Kier alpha value is -3.16. The molecule has 8 heteroatoms. The van der Waals surface area contributed by atoms with E-state index < -0.39 is 24.0 Å². The zero-order valence-electron chi connectivity index (χ0n) is 15.5. The summed E-state index contributed by atoms with van der Waals surface area (Å²) in [7, 11) is 0. The average molecular weight is 382 g/mol. The Labute approximate surface area is 159 Å². The van der Waals surface area contributed by atoms with Crippen molar-refractivity contribution in [2.24, 2.45) is 0 Å². The van der Waals surface area contributed by atoms with Crippen molar-refractivity contribution in [2.75, 3.05) is 19.8 Å². The summed E-state index contributed by atoms with van der Waals surface area (Å²) in [6.07, 6.45) is 5.10. The summed E-state index contributed by atoms with van der Waals surface area (Å²) in [5, 5.41) is 0. The SMILES string of the molecule is C=CC(=O)OCC(COC(=O)C=C)OC(=O)C=C.C=CC(=O)OCCCC. The third kappa shape index (κ3) is 17.5. The maximum absolute atomic E-state index is 11.0. The summed E-state index contributed by atoms with van der Waals surface area (Å²) < 4.78 is 18.8. The molecule has 0 unspecified atom stereocenters. The Kier molecular flexibility index (Phi) is 17.1. The van der Waals surface area contributed by atoms with Gasteiger partial charge in [0.1, 0.15) is 13.2 Å². The fourth-order valence-corrected chi connectivity index (χ4v) is 1.17. The lowest BCUT2D eigenvalue weighted by molar-refractivity contribution is -0.160. The van der Waals surface area contributed by atoms with Crippen molar-refractivity contribution >= 4 is 23.9 Å². The van der Waals surface area contributed by atoms with Gasteiger partial charge in [0.05, 0.1) is 6.61 Å². The third-order valence-electron chi connectivity index (χ3n) is 2.51. The van der Waals surface area contributed by atoms with Crippen molar-refractivity contribution in [2.45, 2.75) is 25.9 Å². The predicted molar refractivity (Wildman–Crippen MR) is 98.5 cm³/mol. The summed E-state index contributed by atoms with van der Waals surface area (Å²) in [4.78, 5) is 43.0.